The number of halogens is 2. The first-order valence-corrected chi connectivity index (χ1v) is 7.18. The van der Waals surface area contributed by atoms with Gasteiger partial charge in [0, 0.05) is 37.0 Å². The predicted molar refractivity (Wildman–Crippen MR) is 78.8 cm³/mol. The smallest absolute Gasteiger partial charge is 0.237 e. The van der Waals surface area contributed by atoms with Gasteiger partial charge in [-0.15, -0.1) is 11.6 Å². The second-order valence-electron chi connectivity index (χ2n) is 5.06. The highest BCUT2D eigenvalue weighted by atomic mass is 35.5. The number of aromatic nitrogens is 2. The summed E-state index contributed by atoms with van der Waals surface area (Å²) in [5, 5.41) is 4.03. The number of hydrogen-bond acceptors (Lipinski definition) is 4. The molecule has 1 fully saturated rings. The predicted octanol–water partition coefficient (Wildman–Crippen LogP) is 1.88. The molecule has 2 aromatic rings. The number of hydrogen-bond donors (Lipinski definition) is 1. The molecule has 1 aromatic heterocycles. The molecule has 1 aliphatic heterocycles. The summed E-state index contributed by atoms with van der Waals surface area (Å²) in [6.07, 6.45) is 1.41. The van der Waals surface area contributed by atoms with E-state index in [0.717, 1.165) is 5.39 Å². The van der Waals surface area contributed by atoms with Gasteiger partial charge in [-0.2, -0.15) is 0 Å². The zero-order valence-corrected chi connectivity index (χ0v) is 12.0. The number of nitrogens with zero attached hydrogens (tertiary/aromatic N) is 3. The molecule has 0 spiro atoms. The van der Waals surface area contributed by atoms with Gasteiger partial charge in [0.1, 0.15) is 23.8 Å². The molecule has 110 valence electrons. The number of carbonyl (C=O) groups excluding carboxylic acids is 1. The zero-order chi connectivity index (χ0) is 14.8. The van der Waals surface area contributed by atoms with E-state index in [-0.39, 0.29) is 17.6 Å². The van der Waals surface area contributed by atoms with Crippen LogP contribution in [-0.4, -0.2) is 46.3 Å². The van der Waals surface area contributed by atoms with Crippen molar-refractivity contribution in [1.29, 1.82) is 0 Å². The molecule has 1 N–H and O–H groups in total. The first-order chi connectivity index (χ1) is 10.2. The van der Waals surface area contributed by atoms with Gasteiger partial charge >= 0.3 is 0 Å². The highest BCUT2D eigenvalue weighted by Crippen LogP contribution is 2.22. The largest absolute Gasteiger partial charge is 0.369 e. The molecule has 0 aliphatic carbocycles. The molecule has 7 heteroatoms. The molecule has 21 heavy (non-hydrogen) atoms. The first-order valence-electron chi connectivity index (χ1n) is 6.65. The summed E-state index contributed by atoms with van der Waals surface area (Å²) in [6, 6.07) is 4.44. The fraction of sp³-hybridized carbons (Fsp3) is 0.357. The zero-order valence-electron chi connectivity index (χ0n) is 11.2. The van der Waals surface area contributed by atoms with Crippen LogP contribution in [0.3, 0.4) is 0 Å². The number of rotatable bonds is 4. The number of amides is 1. The minimum Gasteiger partial charge on any atom is -0.369 e. The number of carbonyl (C=O) groups is 1. The van der Waals surface area contributed by atoms with E-state index in [0.29, 0.717) is 36.9 Å². The molecule has 0 atom stereocenters. The van der Waals surface area contributed by atoms with Crippen molar-refractivity contribution in [3.8, 4) is 0 Å². The van der Waals surface area contributed by atoms with Gasteiger partial charge in [-0.25, -0.2) is 14.4 Å². The Bertz CT molecular complexity index is 675. The second-order valence-corrected chi connectivity index (χ2v) is 5.33. The minimum absolute atomic E-state index is 0.0300. The fourth-order valence-corrected chi connectivity index (χ4v) is 2.57. The summed E-state index contributed by atoms with van der Waals surface area (Å²) < 4.78 is 13.2. The van der Waals surface area contributed by atoms with Gasteiger partial charge in [0.25, 0.3) is 0 Å². The molecular formula is C14H14ClFN4O. The molecule has 1 aliphatic rings. The van der Waals surface area contributed by atoms with Crippen molar-refractivity contribution in [2.75, 3.05) is 30.8 Å². The van der Waals surface area contributed by atoms with Crippen LogP contribution in [0.15, 0.2) is 24.5 Å². The lowest BCUT2D eigenvalue weighted by Gasteiger charge is -2.39. The Kier molecular flexibility index (Phi) is 3.88. The molecule has 1 aromatic carbocycles. The molecule has 0 bridgehead atoms. The SMILES string of the molecule is O=C(CCl)N1CC(CNc2ncnc3cc(F)ccc23)C1. The van der Waals surface area contributed by atoms with Crippen LogP contribution in [0.2, 0.25) is 0 Å². The van der Waals surface area contributed by atoms with Crippen molar-refractivity contribution in [1.82, 2.24) is 14.9 Å². The number of fused-ring (bicyclic) bond motifs is 1. The normalized spacial score (nSPS) is 15.0. The number of likely N-dealkylation sites (tertiary alicyclic amines) is 1. The summed E-state index contributed by atoms with van der Waals surface area (Å²) >= 11 is 5.50. The molecule has 5 nitrogen and oxygen atoms in total. The van der Waals surface area contributed by atoms with Crippen molar-refractivity contribution >= 4 is 34.2 Å². The Hall–Kier alpha value is -1.95. The van der Waals surface area contributed by atoms with Crippen molar-refractivity contribution in [3.05, 3.63) is 30.3 Å². The van der Waals surface area contributed by atoms with Gasteiger partial charge < -0.3 is 10.2 Å². The van der Waals surface area contributed by atoms with Crippen molar-refractivity contribution in [3.63, 3.8) is 0 Å². The Morgan fingerprint density at radius 3 is 3.00 bits per heavy atom. The standard InChI is InChI=1S/C14H14ClFN4O/c15-4-13(21)20-6-9(7-20)5-17-14-11-2-1-10(16)3-12(11)18-8-19-14/h1-3,8-9H,4-7H2,(H,17,18,19). The average molecular weight is 309 g/mol. The average Bonchev–Trinajstić information content (AvgIpc) is 2.44. The summed E-state index contributed by atoms with van der Waals surface area (Å²) in [6.45, 7) is 2.11. The Balaban J connectivity index is 1.63. The number of anilines is 1. The third kappa shape index (κ3) is 2.90. The van der Waals surface area contributed by atoms with Crippen LogP contribution in [0.4, 0.5) is 10.2 Å². The maximum absolute atomic E-state index is 13.2. The number of benzene rings is 1. The summed E-state index contributed by atoms with van der Waals surface area (Å²) in [5.41, 5.74) is 0.569. The van der Waals surface area contributed by atoms with E-state index in [2.05, 4.69) is 15.3 Å². The quantitative estimate of drug-likeness (QED) is 0.876. The third-order valence-corrected chi connectivity index (χ3v) is 3.81. The first kappa shape index (κ1) is 14.0. The van der Waals surface area contributed by atoms with Crippen LogP contribution >= 0.6 is 11.6 Å². The topological polar surface area (TPSA) is 58.1 Å². The summed E-state index contributed by atoms with van der Waals surface area (Å²) in [5.74, 6) is 0.740. The minimum atomic E-state index is -0.318. The van der Waals surface area contributed by atoms with Crippen molar-refractivity contribution < 1.29 is 9.18 Å². The van der Waals surface area contributed by atoms with Crippen molar-refractivity contribution in [2.24, 2.45) is 5.92 Å². The number of nitrogens with one attached hydrogen (secondary N) is 1. The fourth-order valence-electron chi connectivity index (χ4n) is 2.40. The van der Waals surface area contributed by atoms with E-state index >= 15 is 0 Å². The molecule has 0 radical (unpaired) electrons. The van der Waals surface area contributed by atoms with Gasteiger partial charge in [-0.05, 0) is 12.1 Å². The van der Waals surface area contributed by atoms with Gasteiger partial charge in [0.15, 0.2) is 0 Å². The van der Waals surface area contributed by atoms with Crippen LogP contribution in [0.1, 0.15) is 0 Å². The van der Waals surface area contributed by atoms with Gasteiger partial charge in [-0.1, -0.05) is 0 Å². The van der Waals surface area contributed by atoms with E-state index in [1.807, 2.05) is 0 Å². The van der Waals surface area contributed by atoms with E-state index in [1.54, 1.807) is 11.0 Å². The lowest BCUT2D eigenvalue weighted by molar-refractivity contribution is -0.134. The van der Waals surface area contributed by atoms with Crippen LogP contribution in [0.25, 0.3) is 10.9 Å². The van der Waals surface area contributed by atoms with Gasteiger partial charge in [-0.3, -0.25) is 4.79 Å². The lowest BCUT2D eigenvalue weighted by Crippen LogP contribution is -2.52. The highest BCUT2D eigenvalue weighted by Gasteiger charge is 2.29. The summed E-state index contributed by atoms with van der Waals surface area (Å²) in [4.78, 5) is 21.3. The third-order valence-electron chi connectivity index (χ3n) is 3.58. The van der Waals surface area contributed by atoms with Crippen molar-refractivity contribution in [2.45, 2.75) is 0 Å². The number of alkyl halides is 1. The van der Waals surface area contributed by atoms with Crippen LogP contribution in [0, 0.1) is 11.7 Å². The van der Waals surface area contributed by atoms with Crippen LogP contribution in [0.5, 0.6) is 0 Å². The molecule has 1 amide bonds. The molecular weight excluding hydrogens is 295 g/mol. The molecule has 0 unspecified atom stereocenters. The monoisotopic (exact) mass is 308 g/mol. The van der Waals surface area contributed by atoms with E-state index in [4.69, 9.17) is 11.6 Å². The van der Waals surface area contributed by atoms with Gasteiger partial charge in [0.2, 0.25) is 5.91 Å². The maximum Gasteiger partial charge on any atom is 0.237 e. The van der Waals surface area contributed by atoms with Crippen LogP contribution in [-0.2, 0) is 4.79 Å². The molecule has 1 saturated heterocycles. The Labute approximate surface area is 126 Å². The summed E-state index contributed by atoms with van der Waals surface area (Å²) in [7, 11) is 0. The highest BCUT2D eigenvalue weighted by molar-refractivity contribution is 6.27. The second kappa shape index (κ2) is 5.81. The molecule has 3 rings (SSSR count). The van der Waals surface area contributed by atoms with E-state index < -0.39 is 0 Å². The lowest BCUT2D eigenvalue weighted by atomic mass is 10.0. The molecule has 2 heterocycles. The maximum atomic E-state index is 13.2. The molecule has 0 saturated carbocycles. The van der Waals surface area contributed by atoms with Gasteiger partial charge in [0.05, 0.1) is 5.52 Å². The van der Waals surface area contributed by atoms with Crippen LogP contribution < -0.4 is 5.32 Å². The Morgan fingerprint density at radius 1 is 1.43 bits per heavy atom. The van der Waals surface area contributed by atoms with E-state index in [1.165, 1.54) is 18.5 Å². The van der Waals surface area contributed by atoms with E-state index in [9.17, 15) is 9.18 Å². The Morgan fingerprint density at radius 2 is 2.24 bits per heavy atom.